The summed E-state index contributed by atoms with van der Waals surface area (Å²) < 4.78 is 0. The molecule has 0 atom stereocenters. The number of aryl methyl sites for hydroxylation is 2. The van der Waals surface area contributed by atoms with Crippen molar-refractivity contribution in [2.24, 2.45) is 0 Å². The van der Waals surface area contributed by atoms with Crippen LogP contribution in [0.2, 0.25) is 0 Å². The zero-order valence-corrected chi connectivity index (χ0v) is 34.9. The van der Waals surface area contributed by atoms with Crippen LogP contribution in [0.1, 0.15) is 16.7 Å². The van der Waals surface area contributed by atoms with E-state index < -0.39 is 0 Å². The summed E-state index contributed by atoms with van der Waals surface area (Å²) in [7, 11) is 0. The van der Waals surface area contributed by atoms with E-state index in [-0.39, 0.29) is 0 Å². The molecule has 0 aliphatic heterocycles. The quantitative estimate of drug-likeness (QED) is 0.0942. The first-order chi connectivity index (χ1) is 31.4. The molecule has 0 saturated heterocycles. The number of hydrogen-bond donors (Lipinski definition) is 0. The average molecular weight is 818 g/mol. The van der Waals surface area contributed by atoms with Crippen LogP contribution in [-0.2, 0) is 0 Å². The largest absolute Gasteiger partial charge is 0.247 e. The van der Waals surface area contributed by atoms with E-state index in [2.05, 4.69) is 85.4 Å². The molecule has 8 aromatic carbocycles. The van der Waals surface area contributed by atoms with E-state index in [4.69, 9.17) is 31.5 Å². The van der Waals surface area contributed by atoms with E-state index in [9.17, 15) is 5.26 Å². The van der Waals surface area contributed by atoms with E-state index in [1.807, 2.05) is 115 Å². The topological polar surface area (TPSA) is 92.6 Å². The van der Waals surface area contributed by atoms with Crippen molar-refractivity contribution >= 4 is 49.0 Å². The number of aromatic nitrogens is 5. The molecule has 0 spiro atoms. The third-order valence-corrected chi connectivity index (χ3v) is 12.1. The predicted octanol–water partition coefficient (Wildman–Crippen LogP) is 14.3. The standard InChI is InChI=1S/C57H35N7/c1-34-49-45-16-10-11-17-47(45)60-53(38-20-18-36(33-58)19-21-38)51(49)35(2)50-46-31-28-43(32-48(46)61-54(52(34)50)39-26-29-44(59-3)30-27-39)37-22-24-42(25-23-37)57-63-55(40-12-6-4-7-13-40)62-56(64-57)41-14-8-5-9-15-41/h4-32H,1-2H3. The molecule has 0 fully saturated rings. The highest BCUT2D eigenvalue weighted by Crippen LogP contribution is 2.46. The molecule has 0 N–H and O–H groups in total. The number of benzene rings is 8. The van der Waals surface area contributed by atoms with E-state index >= 15 is 0 Å². The fraction of sp³-hybridized carbons (Fsp3) is 0.0351. The maximum atomic E-state index is 9.61. The second kappa shape index (κ2) is 15.5. The second-order valence-electron chi connectivity index (χ2n) is 15.9. The van der Waals surface area contributed by atoms with Crippen molar-refractivity contribution in [3.05, 3.63) is 204 Å². The Morgan fingerprint density at radius 2 is 0.844 bits per heavy atom. The molecule has 3 heterocycles. The summed E-state index contributed by atoms with van der Waals surface area (Å²) >= 11 is 0. The first-order valence-corrected chi connectivity index (χ1v) is 21.0. The highest BCUT2D eigenvalue weighted by Gasteiger charge is 2.23. The van der Waals surface area contributed by atoms with Crippen molar-refractivity contribution in [1.29, 1.82) is 5.26 Å². The van der Waals surface area contributed by atoms with Gasteiger partial charge in [-0.2, -0.15) is 5.26 Å². The summed E-state index contributed by atoms with van der Waals surface area (Å²) in [4.78, 5) is 29.2. The van der Waals surface area contributed by atoms with Crippen molar-refractivity contribution < 1.29 is 0 Å². The van der Waals surface area contributed by atoms with Gasteiger partial charge in [-0.3, -0.25) is 0 Å². The first kappa shape index (κ1) is 38.0. The molecule has 3 aromatic heterocycles. The van der Waals surface area contributed by atoms with Crippen LogP contribution in [0.3, 0.4) is 0 Å². The number of rotatable bonds is 6. The third-order valence-electron chi connectivity index (χ3n) is 12.1. The Balaban J connectivity index is 1.11. The van der Waals surface area contributed by atoms with Crippen LogP contribution < -0.4 is 0 Å². The summed E-state index contributed by atoms with van der Waals surface area (Å²) in [5.74, 6) is 1.83. The zero-order chi connectivity index (χ0) is 43.3. The number of pyridine rings is 2. The molecule has 64 heavy (non-hydrogen) atoms. The number of nitrogens with zero attached hydrogens (tertiary/aromatic N) is 7. The predicted molar refractivity (Wildman–Crippen MR) is 259 cm³/mol. The molecule has 7 heteroatoms. The Bertz CT molecular complexity index is 3660. The van der Waals surface area contributed by atoms with E-state index in [0.717, 1.165) is 105 Å². The lowest BCUT2D eigenvalue weighted by Crippen LogP contribution is -2.00. The lowest BCUT2D eigenvalue weighted by molar-refractivity contribution is 1.07. The van der Waals surface area contributed by atoms with Crippen molar-refractivity contribution in [1.82, 2.24) is 24.9 Å². The Morgan fingerprint density at radius 3 is 1.39 bits per heavy atom. The number of fused-ring (bicyclic) bond motifs is 6. The van der Waals surface area contributed by atoms with Crippen LogP contribution in [0.15, 0.2) is 176 Å². The Hall–Kier alpha value is -8.91. The fourth-order valence-corrected chi connectivity index (χ4v) is 8.98. The molecular weight excluding hydrogens is 783 g/mol. The van der Waals surface area contributed by atoms with Crippen LogP contribution in [0, 0.1) is 31.8 Å². The maximum Gasteiger partial charge on any atom is 0.187 e. The Kier molecular flexibility index (Phi) is 9.23. The second-order valence-corrected chi connectivity index (χ2v) is 15.9. The average Bonchev–Trinajstić information content (AvgIpc) is 3.37. The van der Waals surface area contributed by atoms with E-state index in [1.165, 1.54) is 0 Å². The Morgan fingerprint density at radius 1 is 0.406 bits per heavy atom. The maximum absolute atomic E-state index is 9.61. The highest BCUT2D eigenvalue weighted by molar-refractivity contribution is 6.25. The molecule has 7 nitrogen and oxygen atoms in total. The van der Waals surface area contributed by atoms with Gasteiger partial charge >= 0.3 is 0 Å². The monoisotopic (exact) mass is 817 g/mol. The molecular formula is C57H35N7. The smallest absolute Gasteiger partial charge is 0.187 e. The summed E-state index contributed by atoms with van der Waals surface area (Å²) in [6.45, 7) is 12.0. The lowest BCUT2D eigenvalue weighted by atomic mass is 9.85. The van der Waals surface area contributed by atoms with Gasteiger partial charge in [0.15, 0.2) is 23.2 Å². The molecule has 0 unspecified atom stereocenters. The molecule has 0 aliphatic carbocycles. The van der Waals surface area contributed by atoms with E-state index in [0.29, 0.717) is 28.7 Å². The van der Waals surface area contributed by atoms with Gasteiger partial charge in [0, 0.05) is 43.8 Å². The van der Waals surface area contributed by atoms with Crippen molar-refractivity contribution in [2.75, 3.05) is 0 Å². The number of nitriles is 1. The SMILES string of the molecule is [C-]#[N+]c1ccc(-c2nc3cc(-c4ccc(-c5nc(-c6ccccc6)nc(-c6ccccc6)n5)cc4)ccc3c3c(C)c4c(-c5ccc(C#N)cc5)nc5ccccc5c4c(C)c23)cc1. The molecule has 0 amide bonds. The van der Waals surface area contributed by atoms with Crippen molar-refractivity contribution in [2.45, 2.75) is 13.8 Å². The van der Waals surface area contributed by atoms with Crippen LogP contribution in [0.25, 0.3) is 116 Å². The van der Waals surface area contributed by atoms with Crippen molar-refractivity contribution in [3.63, 3.8) is 0 Å². The van der Waals surface area contributed by atoms with Gasteiger partial charge in [0.1, 0.15) is 0 Å². The lowest BCUT2D eigenvalue weighted by Gasteiger charge is -2.21. The minimum Gasteiger partial charge on any atom is -0.247 e. The van der Waals surface area contributed by atoms with Crippen LogP contribution in [-0.4, -0.2) is 24.9 Å². The van der Waals surface area contributed by atoms with Gasteiger partial charge in [-0.05, 0) is 76.7 Å². The van der Waals surface area contributed by atoms with Crippen LogP contribution in [0.4, 0.5) is 5.69 Å². The highest BCUT2D eigenvalue weighted by atomic mass is 15.0. The number of hydrogen-bond acceptors (Lipinski definition) is 6. The molecule has 0 radical (unpaired) electrons. The van der Waals surface area contributed by atoms with Gasteiger partial charge in [0.05, 0.1) is 40.6 Å². The molecule has 298 valence electrons. The summed E-state index contributed by atoms with van der Waals surface area (Å²) in [5.41, 5.74) is 13.5. The molecule has 11 aromatic rings. The number of para-hydroxylation sites is 1. The first-order valence-electron chi connectivity index (χ1n) is 21.0. The molecule has 0 aliphatic rings. The van der Waals surface area contributed by atoms with Gasteiger partial charge < -0.3 is 0 Å². The fourth-order valence-electron chi connectivity index (χ4n) is 8.98. The zero-order valence-electron chi connectivity index (χ0n) is 34.9. The summed E-state index contributed by atoms with van der Waals surface area (Å²) in [6.07, 6.45) is 0. The van der Waals surface area contributed by atoms with Crippen molar-refractivity contribution in [3.8, 4) is 73.9 Å². The van der Waals surface area contributed by atoms with Gasteiger partial charge in [-0.1, -0.05) is 152 Å². The summed E-state index contributed by atoms with van der Waals surface area (Å²) in [5, 5.41) is 16.1. The minimum absolute atomic E-state index is 0.576. The molecule has 0 saturated carbocycles. The minimum atomic E-state index is 0.576. The van der Waals surface area contributed by atoms with Gasteiger partial charge in [0.2, 0.25) is 0 Å². The normalized spacial score (nSPS) is 11.2. The molecule has 11 rings (SSSR count). The third kappa shape index (κ3) is 6.48. The Labute approximate surface area is 369 Å². The van der Waals surface area contributed by atoms with Crippen LogP contribution >= 0.6 is 0 Å². The summed E-state index contributed by atoms with van der Waals surface area (Å²) in [6, 6.07) is 60.9. The van der Waals surface area contributed by atoms with Gasteiger partial charge in [0.25, 0.3) is 0 Å². The van der Waals surface area contributed by atoms with Gasteiger partial charge in [-0.25, -0.2) is 29.8 Å². The van der Waals surface area contributed by atoms with E-state index in [1.54, 1.807) is 0 Å². The van der Waals surface area contributed by atoms with Crippen LogP contribution in [0.5, 0.6) is 0 Å². The van der Waals surface area contributed by atoms with Gasteiger partial charge in [-0.15, -0.1) is 0 Å². The molecule has 0 bridgehead atoms.